The summed E-state index contributed by atoms with van der Waals surface area (Å²) < 4.78 is 16.4. The minimum Gasteiger partial charge on any atom is -0.446 e. The van der Waals surface area contributed by atoms with Crippen LogP contribution in [0.4, 0.5) is 4.79 Å². The highest BCUT2D eigenvalue weighted by Gasteiger charge is 2.14. The lowest BCUT2D eigenvalue weighted by atomic mass is 10.0. The molecule has 1 N–H and O–H groups in total. The Morgan fingerprint density at radius 1 is 0.510 bits per heavy atom. The molecule has 0 heterocycles. The van der Waals surface area contributed by atoms with Crippen molar-refractivity contribution in [3.63, 3.8) is 0 Å². The van der Waals surface area contributed by atoms with Crippen LogP contribution in [-0.4, -0.2) is 45.7 Å². The molecule has 0 saturated carbocycles. The number of hydrogen-bond acceptors (Lipinski definition) is 4. The number of alkyl carbamates (subject to hydrolysis) is 1. The molecular weight excluding hydrogens is 606 g/mol. The number of carbonyl (C=O) groups is 1. The van der Waals surface area contributed by atoms with Gasteiger partial charge in [0.2, 0.25) is 0 Å². The molecule has 0 radical (unpaired) electrons. The first-order chi connectivity index (χ1) is 24.2. The van der Waals surface area contributed by atoms with Crippen LogP contribution in [0.5, 0.6) is 0 Å². The molecule has 0 unspecified atom stereocenters. The minimum atomic E-state index is -0.276. The van der Waals surface area contributed by atoms with Crippen molar-refractivity contribution in [2.75, 3.05) is 33.5 Å². The third-order valence-electron chi connectivity index (χ3n) is 8.89. The van der Waals surface area contributed by atoms with Crippen molar-refractivity contribution in [2.45, 2.75) is 193 Å². The lowest BCUT2D eigenvalue weighted by Crippen LogP contribution is -2.30. The van der Waals surface area contributed by atoms with Gasteiger partial charge in [0.05, 0.1) is 13.2 Å². The van der Waals surface area contributed by atoms with Crippen molar-refractivity contribution in [3.05, 3.63) is 48.6 Å². The van der Waals surface area contributed by atoms with Gasteiger partial charge in [0, 0.05) is 20.3 Å². The number of hydrogen-bond donors (Lipinski definition) is 1. The first-order valence-corrected chi connectivity index (χ1v) is 20.9. The maximum absolute atomic E-state index is 12.5. The zero-order valence-corrected chi connectivity index (χ0v) is 32.7. The molecule has 0 saturated heterocycles. The normalized spacial score (nSPS) is 12.2. The second kappa shape index (κ2) is 42.3. The van der Waals surface area contributed by atoms with Crippen LogP contribution in [0.1, 0.15) is 187 Å². The first kappa shape index (κ1) is 47.1. The highest BCUT2D eigenvalue weighted by atomic mass is 16.6. The van der Waals surface area contributed by atoms with Gasteiger partial charge in [0.15, 0.2) is 0 Å². The Labute approximate surface area is 305 Å². The lowest BCUT2D eigenvalue weighted by Gasteiger charge is -2.18. The zero-order valence-electron chi connectivity index (χ0n) is 32.7. The number of methoxy groups -OCH3 is 1. The lowest BCUT2D eigenvalue weighted by molar-refractivity contribution is 0.0670. The van der Waals surface area contributed by atoms with Crippen molar-refractivity contribution < 1.29 is 19.0 Å². The number of carbonyl (C=O) groups excluding carboxylic acids is 1. The van der Waals surface area contributed by atoms with Crippen LogP contribution in [-0.2, 0) is 14.2 Å². The number of allylic oxidation sites excluding steroid dienone is 8. The van der Waals surface area contributed by atoms with Crippen LogP contribution in [0.15, 0.2) is 48.6 Å². The van der Waals surface area contributed by atoms with Gasteiger partial charge < -0.3 is 19.5 Å². The van der Waals surface area contributed by atoms with Gasteiger partial charge in [-0.3, -0.25) is 0 Å². The second-order valence-electron chi connectivity index (χ2n) is 13.7. The van der Waals surface area contributed by atoms with Crippen LogP contribution >= 0.6 is 0 Å². The maximum Gasteiger partial charge on any atom is 0.407 e. The van der Waals surface area contributed by atoms with E-state index in [1.165, 1.54) is 128 Å². The first-order valence-electron chi connectivity index (χ1n) is 20.9. The smallest absolute Gasteiger partial charge is 0.407 e. The summed E-state index contributed by atoms with van der Waals surface area (Å²) in [5.74, 6) is 0. The van der Waals surface area contributed by atoms with Crippen LogP contribution in [0, 0.1) is 0 Å². The average Bonchev–Trinajstić information content (AvgIpc) is 3.10. The number of unbranched alkanes of at least 4 members (excludes halogenated alkanes) is 18. The van der Waals surface area contributed by atoms with E-state index in [-0.39, 0.29) is 12.2 Å². The van der Waals surface area contributed by atoms with Gasteiger partial charge in [0.25, 0.3) is 0 Å². The van der Waals surface area contributed by atoms with Crippen LogP contribution < -0.4 is 5.32 Å². The van der Waals surface area contributed by atoms with Gasteiger partial charge in [-0.05, 0) is 96.3 Å². The molecule has 0 aliphatic heterocycles. The zero-order chi connectivity index (χ0) is 35.6. The highest BCUT2D eigenvalue weighted by Crippen LogP contribution is 2.18. The Balaban J connectivity index is 4.12. The Morgan fingerprint density at radius 2 is 0.939 bits per heavy atom. The fourth-order valence-electron chi connectivity index (χ4n) is 5.78. The molecule has 0 aromatic rings. The number of amides is 1. The molecule has 5 nitrogen and oxygen atoms in total. The molecule has 0 atom stereocenters. The Kier molecular flexibility index (Phi) is 40.7. The maximum atomic E-state index is 12.5. The fourth-order valence-corrected chi connectivity index (χ4v) is 5.78. The molecule has 0 aromatic heterocycles. The summed E-state index contributed by atoms with van der Waals surface area (Å²) in [6.45, 7) is 6.90. The summed E-state index contributed by atoms with van der Waals surface area (Å²) in [4.78, 5) is 12.5. The molecule has 0 rings (SSSR count). The molecule has 5 heteroatoms. The largest absolute Gasteiger partial charge is 0.446 e. The molecule has 0 aliphatic rings. The van der Waals surface area contributed by atoms with Crippen LogP contribution in [0.25, 0.3) is 0 Å². The van der Waals surface area contributed by atoms with Gasteiger partial charge in [-0.1, -0.05) is 140 Å². The SMILES string of the molecule is CCCCC/C=C\C/C=C\CCCCCCCCC(CCCCCCCC/C=C\C/C=C\CCCCC)OC(=O)NCCCOCCOC. The van der Waals surface area contributed by atoms with Crippen LogP contribution in [0.2, 0.25) is 0 Å². The second-order valence-corrected chi connectivity index (χ2v) is 13.7. The number of rotatable bonds is 38. The number of ether oxygens (including phenoxy) is 3. The van der Waals surface area contributed by atoms with Crippen molar-refractivity contribution in [2.24, 2.45) is 0 Å². The van der Waals surface area contributed by atoms with E-state index in [0.29, 0.717) is 26.4 Å². The van der Waals surface area contributed by atoms with E-state index in [0.717, 1.165) is 44.9 Å². The summed E-state index contributed by atoms with van der Waals surface area (Å²) in [7, 11) is 1.67. The van der Waals surface area contributed by atoms with Crippen molar-refractivity contribution in [3.8, 4) is 0 Å². The predicted molar refractivity (Wildman–Crippen MR) is 214 cm³/mol. The van der Waals surface area contributed by atoms with Gasteiger partial charge in [-0.25, -0.2) is 4.79 Å². The van der Waals surface area contributed by atoms with Crippen LogP contribution in [0.3, 0.4) is 0 Å². The topological polar surface area (TPSA) is 56.8 Å². The standard InChI is InChI=1S/C44H81NO4/c1-4-6-8-10-12-14-16-18-20-22-24-26-28-30-32-34-37-43(49-44(46)45-39-36-40-48-42-41-47-3)38-35-33-31-29-27-25-23-21-19-17-15-13-11-9-7-5-2/h12-15,18-21,43H,4-11,16-17,22-42H2,1-3H3,(H,45,46)/b14-12-,15-13-,20-18-,21-19-. The van der Waals surface area contributed by atoms with Crippen molar-refractivity contribution >= 4 is 6.09 Å². The summed E-state index contributed by atoms with van der Waals surface area (Å²) in [5.41, 5.74) is 0. The monoisotopic (exact) mass is 688 g/mol. The molecule has 0 spiro atoms. The average molecular weight is 688 g/mol. The van der Waals surface area contributed by atoms with Crippen molar-refractivity contribution in [1.29, 1.82) is 0 Å². The van der Waals surface area contributed by atoms with E-state index >= 15 is 0 Å². The van der Waals surface area contributed by atoms with Gasteiger partial charge >= 0.3 is 6.09 Å². The highest BCUT2D eigenvalue weighted by molar-refractivity contribution is 5.67. The quantitative estimate of drug-likeness (QED) is 0.0518. The third kappa shape index (κ3) is 40.5. The van der Waals surface area contributed by atoms with E-state index in [4.69, 9.17) is 14.2 Å². The molecule has 0 fully saturated rings. The summed E-state index contributed by atoms with van der Waals surface area (Å²) in [5, 5.41) is 2.93. The molecule has 0 bridgehead atoms. The molecule has 49 heavy (non-hydrogen) atoms. The molecule has 0 aliphatic carbocycles. The molecule has 1 amide bonds. The molecule has 286 valence electrons. The predicted octanol–water partition coefficient (Wildman–Crippen LogP) is 13.5. The van der Waals surface area contributed by atoms with Crippen molar-refractivity contribution in [1.82, 2.24) is 5.32 Å². The van der Waals surface area contributed by atoms with E-state index in [9.17, 15) is 4.79 Å². The van der Waals surface area contributed by atoms with Gasteiger partial charge in [-0.2, -0.15) is 0 Å². The van der Waals surface area contributed by atoms with E-state index in [1.54, 1.807) is 7.11 Å². The van der Waals surface area contributed by atoms with E-state index < -0.39 is 0 Å². The Morgan fingerprint density at radius 3 is 1.39 bits per heavy atom. The summed E-state index contributed by atoms with van der Waals surface area (Å²) in [6, 6.07) is 0. The fraction of sp³-hybridized carbons (Fsp3) is 0.795. The third-order valence-corrected chi connectivity index (χ3v) is 8.89. The molecule has 0 aromatic carbocycles. The van der Waals surface area contributed by atoms with Gasteiger partial charge in [0.1, 0.15) is 6.10 Å². The summed E-state index contributed by atoms with van der Waals surface area (Å²) >= 11 is 0. The van der Waals surface area contributed by atoms with Gasteiger partial charge in [-0.15, -0.1) is 0 Å². The molecular formula is C44H81NO4. The van der Waals surface area contributed by atoms with E-state index in [1.807, 2.05) is 0 Å². The Bertz CT molecular complexity index is 727. The summed E-state index contributed by atoms with van der Waals surface area (Å²) in [6.07, 6.45) is 51.1. The Hall–Kier alpha value is -1.85. The van der Waals surface area contributed by atoms with E-state index in [2.05, 4.69) is 67.8 Å². The minimum absolute atomic E-state index is 0.0228. The number of nitrogens with one attached hydrogen (secondary N) is 1.